The second-order valence-corrected chi connectivity index (χ2v) is 9.10. The van der Waals surface area contributed by atoms with Crippen LogP contribution in [0.25, 0.3) is 33.3 Å². The number of aryl methyl sites for hydroxylation is 5. The molecule has 0 amide bonds. The summed E-state index contributed by atoms with van der Waals surface area (Å²) < 4.78 is 4.24. The highest BCUT2D eigenvalue weighted by Crippen LogP contribution is 2.33. The fraction of sp³-hybridized carbons (Fsp3) is 0.179. The summed E-state index contributed by atoms with van der Waals surface area (Å²) in [6.07, 6.45) is 5.58. The van der Waals surface area contributed by atoms with Gasteiger partial charge < -0.3 is 9.88 Å². The van der Waals surface area contributed by atoms with Crippen LogP contribution in [0.1, 0.15) is 28.3 Å². The molecule has 5 aromatic heterocycles. The van der Waals surface area contributed by atoms with Crippen LogP contribution in [0.5, 0.6) is 0 Å². The average molecular weight is 475 g/mol. The number of benzene rings is 1. The molecule has 0 aliphatic carbocycles. The van der Waals surface area contributed by atoms with Crippen molar-refractivity contribution in [3.05, 3.63) is 89.4 Å². The van der Waals surface area contributed by atoms with Crippen molar-refractivity contribution in [3.63, 3.8) is 0 Å². The van der Waals surface area contributed by atoms with Gasteiger partial charge in [0.1, 0.15) is 5.82 Å². The lowest BCUT2D eigenvalue weighted by Gasteiger charge is -2.14. The molecule has 1 N–H and O–H groups in total. The number of nitrogens with one attached hydrogen (secondary N) is 1. The van der Waals surface area contributed by atoms with Gasteiger partial charge in [-0.05, 0) is 70.5 Å². The molecule has 0 bridgehead atoms. The monoisotopic (exact) mass is 474 g/mol. The zero-order valence-electron chi connectivity index (χ0n) is 20.9. The Morgan fingerprint density at radius 1 is 0.806 bits per heavy atom. The fourth-order valence-electron chi connectivity index (χ4n) is 5.02. The van der Waals surface area contributed by atoms with Crippen molar-refractivity contribution < 1.29 is 0 Å². The molecule has 0 aliphatic rings. The molecule has 36 heavy (non-hydrogen) atoms. The van der Waals surface area contributed by atoms with E-state index in [4.69, 9.17) is 4.98 Å². The molecule has 0 fully saturated rings. The Morgan fingerprint density at radius 2 is 1.56 bits per heavy atom. The van der Waals surface area contributed by atoms with Gasteiger partial charge in [-0.3, -0.25) is 4.57 Å². The quantitative estimate of drug-likeness (QED) is 0.346. The summed E-state index contributed by atoms with van der Waals surface area (Å²) in [5.74, 6) is 1.35. The van der Waals surface area contributed by atoms with Crippen molar-refractivity contribution in [3.8, 4) is 11.5 Å². The number of hydrogen-bond donors (Lipinski definition) is 1. The first-order valence-electron chi connectivity index (χ1n) is 11.9. The molecule has 1 aromatic carbocycles. The van der Waals surface area contributed by atoms with Crippen LogP contribution in [0.15, 0.2) is 61.1 Å². The molecule has 0 aliphatic heterocycles. The van der Waals surface area contributed by atoms with E-state index in [1.54, 1.807) is 6.20 Å². The minimum atomic E-state index is 0.532. The van der Waals surface area contributed by atoms with Gasteiger partial charge in [0, 0.05) is 57.5 Å². The van der Waals surface area contributed by atoms with Crippen LogP contribution >= 0.6 is 0 Å². The highest BCUT2D eigenvalue weighted by atomic mass is 15.2. The van der Waals surface area contributed by atoms with Gasteiger partial charge in [0.2, 0.25) is 5.95 Å². The normalized spacial score (nSPS) is 11.5. The molecule has 8 heteroatoms. The van der Waals surface area contributed by atoms with Crippen LogP contribution in [-0.2, 0) is 0 Å². The number of fused-ring (bicyclic) bond motifs is 2. The predicted molar refractivity (Wildman–Crippen MR) is 142 cm³/mol. The summed E-state index contributed by atoms with van der Waals surface area (Å²) in [5, 5.41) is 15.4. The number of aromatic nitrogens is 7. The van der Waals surface area contributed by atoms with Crippen LogP contribution in [0.3, 0.4) is 0 Å². The predicted octanol–water partition coefficient (Wildman–Crippen LogP) is 5.84. The lowest BCUT2D eigenvalue weighted by Crippen LogP contribution is -2.04. The van der Waals surface area contributed by atoms with E-state index in [2.05, 4.69) is 69.0 Å². The van der Waals surface area contributed by atoms with E-state index < -0.39 is 0 Å². The topological polar surface area (TPSA) is 86.3 Å². The van der Waals surface area contributed by atoms with Gasteiger partial charge in [-0.25, -0.2) is 9.97 Å². The van der Waals surface area contributed by atoms with E-state index in [1.165, 1.54) is 10.8 Å². The maximum atomic E-state index is 4.82. The minimum Gasteiger partial charge on any atom is -0.324 e. The number of hydrogen-bond acceptors (Lipinski definition) is 6. The summed E-state index contributed by atoms with van der Waals surface area (Å²) in [7, 11) is 0. The maximum Gasteiger partial charge on any atom is 0.229 e. The average Bonchev–Trinajstić information content (AvgIpc) is 3.42. The van der Waals surface area contributed by atoms with Gasteiger partial charge in [-0.2, -0.15) is 15.2 Å². The van der Waals surface area contributed by atoms with Crippen LogP contribution in [0.2, 0.25) is 0 Å². The first-order chi connectivity index (χ1) is 17.4. The summed E-state index contributed by atoms with van der Waals surface area (Å²) in [5.41, 5.74) is 8.10. The van der Waals surface area contributed by atoms with Crippen LogP contribution in [0.4, 0.5) is 11.6 Å². The van der Waals surface area contributed by atoms with Gasteiger partial charge in [0.25, 0.3) is 0 Å². The van der Waals surface area contributed by atoms with E-state index in [9.17, 15) is 0 Å². The first kappa shape index (κ1) is 21.9. The number of pyridine rings is 1. The number of rotatable bonds is 4. The third kappa shape index (κ3) is 3.41. The SMILES string of the molecule is Cc1ccc(-n2c(C)c3c(C)nnc(C)c3c2C)cc1Nc1ncc2ccn(-c3ccccn3)c2n1. The third-order valence-electron chi connectivity index (χ3n) is 6.77. The molecule has 8 nitrogen and oxygen atoms in total. The van der Waals surface area contributed by atoms with Gasteiger partial charge in [0.15, 0.2) is 5.65 Å². The molecular weight excluding hydrogens is 448 g/mol. The Labute approximate surface area is 208 Å². The van der Waals surface area contributed by atoms with E-state index in [-0.39, 0.29) is 0 Å². The standard InChI is InChI=1S/C28H26N8/c1-16-9-10-22(36-19(4)25-17(2)33-34-18(3)26(25)20(36)5)14-23(16)31-28-30-15-21-11-13-35(27(21)32-28)24-8-6-7-12-29-24/h6-15H,1-5H3,(H,30,31,32). The van der Waals surface area contributed by atoms with Gasteiger partial charge in [-0.1, -0.05) is 12.1 Å². The van der Waals surface area contributed by atoms with Crippen LogP contribution < -0.4 is 5.32 Å². The molecule has 0 saturated carbocycles. The molecule has 0 atom stereocenters. The minimum absolute atomic E-state index is 0.532. The Hall–Kier alpha value is -4.59. The van der Waals surface area contributed by atoms with Crippen LogP contribution in [0, 0.1) is 34.6 Å². The molecule has 0 saturated heterocycles. The van der Waals surface area contributed by atoms with Crippen LogP contribution in [-0.4, -0.2) is 34.3 Å². The van der Waals surface area contributed by atoms with Crippen molar-refractivity contribution in [2.75, 3.05) is 5.32 Å². The molecule has 6 rings (SSSR count). The second-order valence-electron chi connectivity index (χ2n) is 9.10. The van der Waals surface area contributed by atoms with Gasteiger partial charge in [0.05, 0.1) is 11.4 Å². The Balaban J connectivity index is 1.43. The molecule has 5 heterocycles. The third-order valence-corrected chi connectivity index (χ3v) is 6.77. The Kier molecular flexibility index (Phi) is 5.03. The number of anilines is 2. The fourth-order valence-corrected chi connectivity index (χ4v) is 5.02. The Bertz CT molecular complexity index is 1720. The molecule has 0 spiro atoms. The smallest absolute Gasteiger partial charge is 0.229 e. The lowest BCUT2D eigenvalue weighted by molar-refractivity contribution is 0.964. The largest absolute Gasteiger partial charge is 0.324 e. The van der Waals surface area contributed by atoms with Crippen molar-refractivity contribution in [2.24, 2.45) is 0 Å². The number of nitrogens with zero attached hydrogens (tertiary/aromatic N) is 7. The summed E-state index contributed by atoms with van der Waals surface area (Å²) >= 11 is 0. The maximum absolute atomic E-state index is 4.82. The van der Waals surface area contributed by atoms with Gasteiger partial charge in [-0.15, -0.1) is 0 Å². The van der Waals surface area contributed by atoms with E-state index >= 15 is 0 Å². The lowest BCUT2D eigenvalue weighted by atomic mass is 10.1. The zero-order chi connectivity index (χ0) is 25.0. The van der Waals surface area contributed by atoms with Crippen molar-refractivity contribution in [1.82, 2.24) is 34.3 Å². The van der Waals surface area contributed by atoms with Gasteiger partial charge >= 0.3 is 0 Å². The highest BCUT2D eigenvalue weighted by molar-refractivity contribution is 5.92. The summed E-state index contributed by atoms with van der Waals surface area (Å²) in [4.78, 5) is 13.8. The second kappa shape index (κ2) is 8.27. The van der Waals surface area contributed by atoms with Crippen molar-refractivity contribution in [2.45, 2.75) is 34.6 Å². The molecule has 0 unspecified atom stereocenters. The van der Waals surface area contributed by atoms with Crippen molar-refractivity contribution >= 4 is 33.4 Å². The molecule has 178 valence electrons. The van der Waals surface area contributed by atoms with E-state index in [0.29, 0.717) is 5.95 Å². The van der Waals surface area contributed by atoms with E-state index in [1.807, 2.05) is 55.1 Å². The highest BCUT2D eigenvalue weighted by Gasteiger charge is 2.18. The first-order valence-corrected chi connectivity index (χ1v) is 11.9. The van der Waals surface area contributed by atoms with E-state index in [0.717, 1.165) is 56.6 Å². The zero-order valence-corrected chi connectivity index (χ0v) is 20.9. The molecule has 6 aromatic rings. The summed E-state index contributed by atoms with van der Waals surface area (Å²) in [6.45, 7) is 10.4. The van der Waals surface area contributed by atoms with Crippen molar-refractivity contribution in [1.29, 1.82) is 0 Å². The Morgan fingerprint density at radius 3 is 2.25 bits per heavy atom. The summed E-state index contributed by atoms with van der Waals surface area (Å²) in [6, 6.07) is 14.2. The molecule has 0 radical (unpaired) electrons. The molecular formula is C28H26N8.